The Hall–Kier alpha value is -1.11. The van der Waals surface area contributed by atoms with E-state index < -0.39 is 0 Å². The maximum absolute atomic E-state index is 10.9. The van der Waals surface area contributed by atoms with Crippen molar-refractivity contribution in [1.29, 1.82) is 0 Å². The van der Waals surface area contributed by atoms with Crippen LogP contribution in [-0.4, -0.2) is 5.78 Å². The van der Waals surface area contributed by atoms with Crippen LogP contribution < -0.4 is 0 Å². The third-order valence-electron chi connectivity index (χ3n) is 1.90. The second kappa shape index (κ2) is 1.94. The molecule has 0 heterocycles. The molecular weight excluding hydrogens is 124 g/mol. The van der Waals surface area contributed by atoms with Gasteiger partial charge in [0.15, 0.2) is 5.78 Å². The van der Waals surface area contributed by atoms with E-state index in [1.807, 2.05) is 12.2 Å². The van der Waals surface area contributed by atoms with Crippen molar-refractivity contribution in [2.75, 3.05) is 0 Å². The molecule has 0 bridgehead atoms. The van der Waals surface area contributed by atoms with E-state index in [0.29, 0.717) is 6.42 Å². The molecule has 0 amide bonds. The number of hydrogen-bond acceptors (Lipinski definition) is 1. The van der Waals surface area contributed by atoms with Crippen LogP contribution in [0.3, 0.4) is 0 Å². The van der Waals surface area contributed by atoms with Crippen LogP contribution in [-0.2, 0) is 4.79 Å². The summed E-state index contributed by atoms with van der Waals surface area (Å²) in [5.41, 5.74) is 2.44. The summed E-state index contributed by atoms with van der Waals surface area (Å²) >= 11 is 0. The summed E-state index contributed by atoms with van der Waals surface area (Å²) in [7, 11) is 0. The molecule has 0 aromatic carbocycles. The van der Waals surface area contributed by atoms with Crippen LogP contribution in [0.1, 0.15) is 12.8 Å². The predicted molar refractivity (Wildman–Crippen MR) is 39.5 cm³/mol. The number of hydrogen-bond donors (Lipinski definition) is 0. The Kier molecular flexibility index (Phi) is 1.10. The quantitative estimate of drug-likeness (QED) is 0.491. The summed E-state index contributed by atoms with van der Waals surface area (Å²) in [6, 6.07) is 0. The van der Waals surface area contributed by atoms with Gasteiger partial charge in [-0.3, -0.25) is 4.79 Å². The van der Waals surface area contributed by atoms with Crippen molar-refractivity contribution in [1.82, 2.24) is 0 Å². The fraction of sp³-hybridized carbons (Fsp3) is 0.222. The van der Waals surface area contributed by atoms with Gasteiger partial charge in [0.1, 0.15) is 0 Å². The molecule has 0 saturated carbocycles. The zero-order chi connectivity index (χ0) is 6.97. The zero-order valence-corrected chi connectivity index (χ0v) is 5.63. The first-order valence-corrected chi connectivity index (χ1v) is 3.48. The lowest BCUT2D eigenvalue weighted by Gasteiger charge is -2.08. The van der Waals surface area contributed by atoms with Crippen LogP contribution in [0.15, 0.2) is 35.5 Å². The molecule has 1 heteroatoms. The van der Waals surface area contributed by atoms with E-state index in [4.69, 9.17) is 0 Å². The molecule has 0 saturated heterocycles. The molecule has 0 aromatic heterocycles. The third-order valence-corrected chi connectivity index (χ3v) is 1.90. The highest BCUT2D eigenvalue weighted by Gasteiger charge is 2.14. The van der Waals surface area contributed by atoms with Crippen molar-refractivity contribution in [3.63, 3.8) is 0 Å². The highest BCUT2D eigenvalue weighted by molar-refractivity contribution is 5.93. The van der Waals surface area contributed by atoms with E-state index in [0.717, 1.165) is 12.0 Å². The summed E-state index contributed by atoms with van der Waals surface area (Å²) in [5.74, 6) is 0.263. The van der Waals surface area contributed by atoms with Crippen LogP contribution in [0.5, 0.6) is 0 Å². The van der Waals surface area contributed by atoms with Crippen LogP contribution >= 0.6 is 0 Å². The van der Waals surface area contributed by atoms with Gasteiger partial charge >= 0.3 is 0 Å². The maximum atomic E-state index is 10.9. The molecule has 0 radical (unpaired) electrons. The third kappa shape index (κ3) is 0.747. The van der Waals surface area contributed by atoms with Crippen LogP contribution in [0.2, 0.25) is 0 Å². The minimum Gasteiger partial charge on any atom is -0.295 e. The molecule has 1 nitrogen and oxygen atoms in total. The Morgan fingerprint density at radius 1 is 1.30 bits per heavy atom. The van der Waals surface area contributed by atoms with Crippen molar-refractivity contribution in [2.45, 2.75) is 12.8 Å². The van der Waals surface area contributed by atoms with E-state index in [1.54, 1.807) is 6.08 Å². The second-order valence-corrected chi connectivity index (χ2v) is 2.62. The van der Waals surface area contributed by atoms with Crippen molar-refractivity contribution in [3.05, 3.63) is 35.5 Å². The first-order chi connectivity index (χ1) is 4.86. The van der Waals surface area contributed by atoms with E-state index in [-0.39, 0.29) is 5.78 Å². The topological polar surface area (TPSA) is 17.1 Å². The van der Waals surface area contributed by atoms with Gasteiger partial charge in [0.2, 0.25) is 0 Å². The number of allylic oxidation sites excluding steroid dienone is 6. The molecule has 0 fully saturated rings. The lowest BCUT2D eigenvalue weighted by Crippen LogP contribution is -2.02. The number of carbonyl (C=O) groups is 1. The standard InChI is InChI=1S/C9H8O/c10-9-5-4-7-2-1-3-8(7)6-9/h1-3,6H,4-5H2. The van der Waals surface area contributed by atoms with Gasteiger partial charge in [0.05, 0.1) is 0 Å². The molecule has 0 N–H and O–H groups in total. The van der Waals surface area contributed by atoms with E-state index in [9.17, 15) is 4.79 Å². The van der Waals surface area contributed by atoms with Gasteiger partial charge in [-0.2, -0.15) is 0 Å². The Bertz CT molecular complexity index is 266. The van der Waals surface area contributed by atoms with Gasteiger partial charge in [-0.05, 0) is 23.6 Å². The number of ketones is 1. The van der Waals surface area contributed by atoms with Gasteiger partial charge in [0, 0.05) is 6.42 Å². The molecule has 2 rings (SSSR count). The monoisotopic (exact) mass is 132 g/mol. The van der Waals surface area contributed by atoms with Gasteiger partial charge in [0.25, 0.3) is 0 Å². The molecule has 50 valence electrons. The van der Waals surface area contributed by atoms with E-state index in [1.165, 1.54) is 5.57 Å². The Balaban J connectivity index is 2.43. The fourth-order valence-corrected chi connectivity index (χ4v) is 1.34. The van der Waals surface area contributed by atoms with Crippen molar-refractivity contribution in [3.8, 4) is 0 Å². The average Bonchev–Trinajstić information content (AvgIpc) is 2.33. The Labute approximate surface area is 59.7 Å². The van der Waals surface area contributed by atoms with Gasteiger partial charge < -0.3 is 0 Å². The first kappa shape index (κ1) is 5.66. The summed E-state index contributed by atoms with van der Waals surface area (Å²) in [6.45, 7) is 0. The number of rotatable bonds is 0. The van der Waals surface area contributed by atoms with E-state index in [2.05, 4.69) is 6.08 Å². The molecule has 0 aromatic rings. The predicted octanol–water partition coefficient (Wildman–Crippen LogP) is 1.77. The zero-order valence-electron chi connectivity index (χ0n) is 5.63. The summed E-state index contributed by atoms with van der Waals surface area (Å²) < 4.78 is 0. The molecule has 2 aliphatic carbocycles. The summed E-state index contributed by atoms with van der Waals surface area (Å²) in [4.78, 5) is 10.9. The second-order valence-electron chi connectivity index (χ2n) is 2.62. The summed E-state index contributed by atoms with van der Waals surface area (Å²) in [6.07, 6.45) is 9.43. The Morgan fingerprint density at radius 2 is 2.20 bits per heavy atom. The maximum Gasteiger partial charge on any atom is 0.156 e. The van der Waals surface area contributed by atoms with Crippen molar-refractivity contribution >= 4 is 5.78 Å². The lowest BCUT2D eigenvalue weighted by atomic mass is 9.96. The molecule has 0 atom stereocenters. The first-order valence-electron chi connectivity index (χ1n) is 3.48. The van der Waals surface area contributed by atoms with E-state index >= 15 is 0 Å². The normalized spacial score (nSPS) is 22.2. The number of fused-ring (bicyclic) bond motifs is 1. The Morgan fingerprint density at radius 3 is 3.10 bits per heavy atom. The molecular formula is C9H8O. The highest BCUT2D eigenvalue weighted by atomic mass is 16.1. The molecule has 0 unspecified atom stereocenters. The smallest absolute Gasteiger partial charge is 0.156 e. The average molecular weight is 132 g/mol. The molecule has 0 aliphatic heterocycles. The van der Waals surface area contributed by atoms with Crippen molar-refractivity contribution < 1.29 is 4.79 Å². The molecule has 0 spiro atoms. The fourth-order valence-electron chi connectivity index (χ4n) is 1.34. The van der Waals surface area contributed by atoms with Crippen LogP contribution in [0.25, 0.3) is 0 Å². The van der Waals surface area contributed by atoms with Gasteiger partial charge in [-0.25, -0.2) is 0 Å². The SMILES string of the molecule is O=C1C=C2C=CC=C2CC1. The van der Waals surface area contributed by atoms with Gasteiger partial charge in [-0.1, -0.05) is 18.2 Å². The van der Waals surface area contributed by atoms with Crippen LogP contribution in [0, 0.1) is 0 Å². The largest absolute Gasteiger partial charge is 0.295 e. The molecule has 10 heavy (non-hydrogen) atoms. The lowest BCUT2D eigenvalue weighted by molar-refractivity contribution is -0.114. The highest BCUT2D eigenvalue weighted by Crippen LogP contribution is 2.26. The minimum atomic E-state index is 0.263. The van der Waals surface area contributed by atoms with Gasteiger partial charge in [-0.15, -0.1) is 0 Å². The van der Waals surface area contributed by atoms with Crippen molar-refractivity contribution in [2.24, 2.45) is 0 Å². The molecule has 2 aliphatic rings. The van der Waals surface area contributed by atoms with Crippen LogP contribution in [0.4, 0.5) is 0 Å². The minimum absolute atomic E-state index is 0.263. The summed E-state index contributed by atoms with van der Waals surface area (Å²) in [5, 5.41) is 0. The number of carbonyl (C=O) groups excluding carboxylic acids is 1.